The van der Waals surface area contributed by atoms with Crippen LogP contribution in [0.3, 0.4) is 0 Å². The molecule has 0 aromatic heterocycles. The molecule has 1 aromatic rings. The summed E-state index contributed by atoms with van der Waals surface area (Å²) < 4.78 is 14.0. The molecule has 0 aliphatic carbocycles. The summed E-state index contributed by atoms with van der Waals surface area (Å²) in [5.41, 5.74) is 0.999. The van der Waals surface area contributed by atoms with Gasteiger partial charge in [-0.1, -0.05) is 36.7 Å². The summed E-state index contributed by atoms with van der Waals surface area (Å²) >= 11 is 3.31. The fourth-order valence-electron chi connectivity index (χ4n) is 1.71. The van der Waals surface area contributed by atoms with Gasteiger partial charge in [0.05, 0.1) is 0 Å². The molecule has 1 atom stereocenters. The van der Waals surface area contributed by atoms with Crippen LogP contribution in [-0.4, -0.2) is 6.54 Å². The van der Waals surface area contributed by atoms with E-state index in [0.717, 1.165) is 16.6 Å². The molecule has 0 aliphatic rings. The van der Waals surface area contributed by atoms with Gasteiger partial charge in [0.2, 0.25) is 0 Å². The largest absolute Gasteiger partial charge is 0.310 e. The molecule has 1 nitrogen and oxygen atoms in total. The Morgan fingerprint density at radius 2 is 2.00 bits per heavy atom. The molecule has 1 unspecified atom stereocenters. The van der Waals surface area contributed by atoms with Gasteiger partial charge >= 0.3 is 0 Å². The third-order valence-corrected chi connectivity index (χ3v) is 2.79. The maximum Gasteiger partial charge on any atom is 0.124 e. The van der Waals surface area contributed by atoms with Crippen molar-refractivity contribution in [3.05, 3.63) is 34.1 Å². The van der Waals surface area contributed by atoms with E-state index in [9.17, 15) is 4.39 Å². The smallest absolute Gasteiger partial charge is 0.124 e. The summed E-state index contributed by atoms with van der Waals surface area (Å²) in [5, 5.41) is 3.37. The zero-order valence-electron chi connectivity index (χ0n) is 9.35. The second-order valence-corrected chi connectivity index (χ2v) is 4.90. The van der Waals surface area contributed by atoms with Crippen molar-refractivity contribution in [3.63, 3.8) is 0 Å². The minimum absolute atomic E-state index is 0.192. The molecule has 84 valence electrons. The van der Waals surface area contributed by atoms with Gasteiger partial charge in [-0.2, -0.15) is 0 Å². The standard InChI is InChI=1S/C12H17BrFN/c1-4-15-12(8(2)3)9-5-10(13)7-11(14)6-9/h5-8,12,15H,4H2,1-3H3. The van der Waals surface area contributed by atoms with Gasteiger partial charge in [-0.15, -0.1) is 0 Å². The topological polar surface area (TPSA) is 12.0 Å². The number of hydrogen-bond acceptors (Lipinski definition) is 1. The van der Waals surface area contributed by atoms with Gasteiger partial charge in [0, 0.05) is 10.5 Å². The predicted octanol–water partition coefficient (Wildman–Crippen LogP) is 3.89. The lowest BCUT2D eigenvalue weighted by atomic mass is 9.96. The number of halogens is 2. The normalized spacial score (nSPS) is 13.2. The average Bonchev–Trinajstić information content (AvgIpc) is 2.11. The number of benzene rings is 1. The molecule has 1 aromatic carbocycles. The Kier molecular flexibility index (Phi) is 4.74. The predicted molar refractivity (Wildman–Crippen MR) is 65.4 cm³/mol. The molecule has 0 spiro atoms. The van der Waals surface area contributed by atoms with Crippen LogP contribution in [0.15, 0.2) is 22.7 Å². The molecule has 0 amide bonds. The first-order valence-electron chi connectivity index (χ1n) is 5.24. The quantitative estimate of drug-likeness (QED) is 0.878. The van der Waals surface area contributed by atoms with Gasteiger partial charge in [0.15, 0.2) is 0 Å². The monoisotopic (exact) mass is 273 g/mol. The van der Waals surface area contributed by atoms with E-state index in [0.29, 0.717) is 5.92 Å². The summed E-state index contributed by atoms with van der Waals surface area (Å²) in [4.78, 5) is 0. The van der Waals surface area contributed by atoms with E-state index in [1.165, 1.54) is 6.07 Å². The van der Waals surface area contributed by atoms with Crippen LogP contribution in [-0.2, 0) is 0 Å². The van der Waals surface area contributed by atoms with E-state index < -0.39 is 0 Å². The highest BCUT2D eigenvalue weighted by Crippen LogP contribution is 2.25. The van der Waals surface area contributed by atoms with Crippen LogP contribution in [0.5, 0.6) is 0 Å². The fraction of sp³-hybridized carbons (Fsp3) is 0.500. The highest BCUT2D eigenvalue weighted by molar-refractivity contribution is 9.10. The molecule has 0 heterocycles. The molecule has 0 fully saturated rings. The summed E-state index contributed by atoms with van der Waals surface area (Å²) in [6, 6.07) is 5.25. The Morgan fingerprint density at radius 3 is 2.47 bits per heavy atom. The molecule has 15 heavy (non-hydrogen) atoms. The Balaban J connectivity index is 2.99. The minimum atomic E-state index is -0.192. The number of hydrogen-bond donors (Lipinski definition) is 1. The molecule has 0 aliphatic heterocycles. The molecular weight excluding hydrogens is 257 g/mol. The zero-order chi connectivity index (χ0) is 11.4. The van der Waals surface area contributed by atoms with Crippen molar-refractivity contribution in [2.45, 2.75) is 26.8 Å². The molecule has 0 saturated heterocycles. The lowest BCUT2D eigenvalue weighted by Gasteiger charge is -2.22. The Labute approximate surface area is 99.2 Å². The van der Waals surface area contributed by atoms with Crippen LogP contribution in [0.2, 0.25) is 0 Å². The Bertz CT molecular complexity index is 305. The highest BCUT2D eigenvalue weighted by atomic mass is 79.9. The van der Waals surface area contributed by atoms with E-state index >= 15 is 0 Å². The van der Waals surface area contributed by atoms with Gasteiger partial charge in [0.25, 0.3) is 0 Å². The molecule has 1 rings (SSSR count). The fourth-order valence-corrected chi connectivity index (χ4v) is 2.20. The maximum absolute atomic E-state index is 13.2. The van der Waals surface area contributed by atoms with Crippen LogP contribution >= 0.6 is 15.9 Å². The lowest BCUT2D eigenvalue weighted by Crippen LogP contribution is -2.25. The second kappa shape index (κ2) is 5.61. The van der Waals surface area contributed by atoms with Crippen molar-refractivity contribution in [1.29, 1.82) is 0 Å². The number of nitrogens with one attached hydrogen (secondary N) is 1. The van der Waals surface area contributed by atoms with E-state index in [1.807, 2.05) is 6.07 Å². The maximum atomic E-state index is 13.2. The summed E-state index contributed by atoms with van der Waals surface area (Å²) in [6.45, 7) is 7.21. The summed E-state index contributed by atoms with van der Waals surface area (Å²) in [7, 11) is 0. The average molecular weight is 274 g/mol. The first kappa shape index (κ1) is 12.7. The van der Waals surface area contributed by atoms with E-state index in [-0.39, 0.29) is 11.9 Å². The third-order valence-electron chi connectivity index (χ3n) is 2.33. The van der Waals surface area contributed by atoms with E-state index in [4.69, 9.17) is 0 Å². The minimum Gasteiger partial charge on any atom is -0.310 e. The molecule has 1 N–H and O–H groups in total. The van der Waals surface area contributed by atoms with Crippen molar-refractivity contribution in [3.8, 4) is 0 Å². The first-order chi connectivity index (χ1) is 7.04. The van der Waals surface area contributed by atoms with Gasteiger partial charge < -0.3 is 5.32 Å². The SMILES string of the molecule is CCNC(c1cc(F)cc(Br)c1)C(C)C. The van der Waals surface area contributed by atoms with E-state index in [1.54, 1.807) is 6.07 Å². The van der Waals surface area contributed by atoms with E-state index in [2.05, 4.69) is 42.0 Å². The van der Waals surface area contributed by atoms with Crippen LogP contribution in [0.4, 0.5) is 4.39 Å². The summed E-state index contributed by atoms with van der Waals surface area (Å²) in [6.07, 6.45) is 0. The molecule has 0 radical (unpaired) electrons. The van der Waals surface area contributed by atoms with Crippen molar-refractivity contribution >= 4 is 15.9 Å². The third kappa shape index (κ3) is 3.58. The second-order valence-electron chi connectivity index (χ2n) is 3.98. The van der Waals surface area contributed by atoms with Crippen LogP contribution in [0, 0.1) is 11.7 Å². The zero-order valence-corrected chi connectivity index (χ0v) is 10.9. The summed E-state index contributed by atoms with van der Waals surface area (Å²) in [5.74, 6) is 0.251. The van der Waals surface area contributed by atoms with Crippen molar-refractivity contribution in [1.82, 2.24) is 5.32 Å². The first-order valence-corrected chi connectivity index (χ1v) is 6.03. The van der Waals surface area contributed by atoms with Gasteiger partial charge in [-0.05, 0) is 36.2 Å². The van der Waals surface area contributed by atoms with Crippen molar-refractivity contribution < 1.29 is 4.39 Å². The lowest BCUT2D eigenvalue weighted by molar-refractivity contribution is 0.420. The van der Waals surface area contributed by atoms with Crippen molar-refractivity contribution in [2.75, 3.05) is 6.54 Å². The van der Waals surface area contributed by atoms with Gasteiger partial charge in [0.1, 0.15) is 5.82 Å². The van der Waals surface area contributed by atoms with Crippen LogP contribution < -0.4 is 5.32 Å². The van der Waals surface area contributed by atoms with Gasteiger partial charge in [-0.3, -0.25) is 0 Å². The Hall–Kier alpha value is -0.410. The number of rotatable bonds is 4. The highest BCUT2D eigenvalue weighted by Gasteiger charge is 2.15. The molecule has 0 bridgehead atoms. The van der Waals surface area contributed by atoms with Crippen molar-refractivity contribution in [2.24, 2.45) is 5.92 Å². The van der Waals surface area contributed by atoms with Gasteiger partial charge in [-0.25, -0.2) is 4.39 Å². The molecule has 3 heteroatoms. The molecular formula is C12H17BrFN. The van der Waals surface area contributed by atoms with Crippen LogP contribution in [0.1, 0.15) is 32.4 Å². The van der Waals surface area contributed by atoms with Crippen LogP contribution in [0.25, 0.3) is 0 Å². The Morgan fingerprint density at radius 1 is 1.33 bits per heavy atom. The molecule has 0 saturated carbocycles.